The highest BCUT2D eigenvalue weighted by Crippen LogP contribution is 2.44. The van der Waals surface area contributed by atoms with Crippen molar-refractivity contribution in [1.29, 1.82) is 0 Å². The lowest BCUT2D eigenvalue weighted by atomic mass is 9.98. The summed E-state index contributed by atoms with van der Waals surface area (Å²) in [5, 5.41) is 5.71. The number of fused-ring (bicyclic) bond motifs is 3. The fraction of sp³-hybridized carbons (Fsp3) is 0.281. The highest BCUT2D eigenvalue weighted by molar-refractivity contribution is 5.97. The van der Waals surface area contributed by atoms with Gasteiger partial charge in [0.1, 0.15) is 18.4 Å². The second kappa shape index (κ2) is 12.1. The van der Waals surface area contributed by atoms with Crippen LogP contribution in [0, 0.1) is 5.92 Å². The van der Waals surface area contributed by atoms with Gasteiger partial charge in [-0.2, -0.15) is 0 Å². The standard InChI is InChI=1S/C32H33N3O5/c1-20(2)12-15-28(31(36)34-21-13-14-26(29(16-21)38-3)30-17-33-19-40-30)35-32(37)39-18-27-24-10-6-4-8-22(24)23-9-5-7-11-25(23)27/h4-11,13-14,16-17,19-20,27-28H,12,15,18H2,1-3H3,(H,34,36)(H,35,37). The van der Waals surface area contributed by atoms with Crippen LogP contribution in [0.5, 0.6) is 5.75 Å². The number of aromatic nitrogens is 1. The number of carbonyl (C=O) groups is 2. The average Bonchev–Trinajstić information content (AvgIpc) is 3.61. The second-order valence-corrected chi connectivity index (χ2v) is 10.3. The van der Waals surface area contributed by atoms with Crippen LogP contribution in [0.4, 0.5) is 10.5 Å². The molecule has 0 saturated carbocycles. The number of alkyl carbamates (subject to hydrolysis) is 1. The van der Waals surface area contributed by atoms with E-state index in [2.05, 4.69) is 53.7 Å². The highest BCUT2D eigenvalue weighted by atomic mass is 16.5. The molecule has 2 N–H and O–H groups in total. The third-order valence-corrected chi connectivity index (χ3v) is 7.15. The van der Waals surface area contributed by atoms with Crippen molar-refractivity contribution < 1.29 is 23.5 Å². The van der Waals surface area contributed by atoms with Crippen LogP contribution in [0.25, 0.3) is 22.5 Å². The van der Waals surface area contributed by atoms with Crippen LogP contribution in [0.1, 0.15) is 43.7 Å². The zero-order chi connectivity index (χ0) is 28.1. The van der Waals surface area contributed by atoms with Crippen molar-refractivity contribution >= 4 is 17.7 Å². The molecule has 3 aromatic carbocycles. The van der Waals surface area contributed by atoms with E-state index in [1.54, 1.807) is 31.5 Å². The first-order valence-corrected chi connectivity index (χ1v) is 13.4. The molecule has 0 bridgehead atoms. The van der Waals surface area contributed by atoms with Gasteiger partial charge in [0, 0.05) is 17.7 Å². The number of carbonyl (C=O) groups excluding carboxylic acids is 2. The van der Waals surface area contributed by atoms with E-state index in [-0.39, 0.29) is 18.4 Å². The molecule has 0 aliphatic heterocycles. The largest absolute Gasteiger partial charge is 0.496 e. The summed E-state index contributed by atoms with van der Waals surface area (Å²) >= 11 is 0. The summed E-state index contributed by atoms with van der Waals surface area (Å²) in [5.41, 5.74) is 5.83. The van der Waals surface area contributed by atoms with E-state index in [0.29, 0.717) is 35.1 Å². The molecule has 2 amide bonds. The monoisotopic (exact) mass is 539 g/mol. The van der Waals surface area contributed by atoms with Gasteiger partial charge in [0.25, 0.3) is 0 Å². The van der Waals surface area contributed by atoms with E-state index < -0.39 is 12.1 Å². The van der Waals surface area contributed by atoms with Crippen LogP contribution in [-0.4, -0.2) is 36.7 Å². The van der Waals surface area contributed by atoms with Gasteiger partial charge >= 0.3 is 6.09 Å². The maximum Gasteiger partial charge on any atom is 0.407 e. The number of anilines is 1. The molecule has 40 heavy (non-hydrogen) atoms. The average molecular weight is 540 g/mol. The van der Waals surface area contributed by atoms with Crippen LogP contribution in [0.3, 0.4) is 0 Å². The van der Waals surface area contributed by atoms with E-state index in [4.69, 9.17) is 13.9 Å². The Bertz CT molecular complexity index is 1440. The number of hydrogen-bond donors (Lipinski definition) is 2. The Morgan fingerprint density at radius 2 is 1.65 bits per heavy atom. The molecule has 1 atom stereocenters. The topological polar surface area (TPSA) is 103 Å². The lowest BCUT2D eigenvalue weighted by molar-refractivity contribution is -0.118. The number of benzene rings is 3. The van der Waals surface area contributed by atoms with E-state index >= 15 is 0 Å². The molecule has 1 aliphatic carbocycles. The summed E-state index contributed by atoms with van der Waals surface area (Å²) in [5.74, 6) is 1.06. The summed E-state index contributed by atoms with van der Waals surface area (Å²) in [4.78, 5) is 30.2. The van der Waals surface area contributed by atoms with E-state index in [1.807, 2.05) is 24.3 Å². The van der Waals surface area contributed by atoms with Crippen LogP contribution in [-0.2, 0) is 9.53 Å². The van der Waals surface area contributed by atoms with Crippen molar-refractivity contribution in [3.05, 3.63) is 90.4 Å². The van der Waals surface area contributed by atoms with Gasteiger partial charge in [-0.3, -0.25) is 4.79 Å². The first-order valence-electron chi connectivity index (χ1n) is 13.4. The van der Waals surface area contributed by atoms with Crippen LogP contribution in [0.15, 0.2) is 83.7 Å². The number of rotatable bonds is 10. The molecular weight excluding hydrogens is 506 g/mol. The fourth-order valence-electron chi connectivity index (χ4n) is 5.10. The molecule has 1 unspecified atom stereocenters. The Morgan fingerprint density at radius 3 is 2.27 bits per heavy atom. The minimum atomic E-state index is -0.766. The van der Waals surface area contributed by atoms with Gasteiger partial charge in [0.15, 0.2) is 12.2 Å². The molecule has 1 aromatic heterocycles. The van der Waals surface area contributed by atoms with Gasteiger partial charge in [0.2, 0.25) is 5.91 Å². The molecule has 5 rings (SSSR count). The molecule has 1 heterocycles. The smallest absolute Gasteiger partial charge is 0.407 e. The Hall–Kier alpha value is -4.59. The summed E-state index contributed by atoms with van der Waals surface area (Å²) < 4.78 is 16.6. The Labute approximate surface area is 233 Å². The van der Waals surface area contributed by atoms with Crippen molar-refractivity contribution in [2.24, 2.45) is 5.92 Å². The van der Waals surface area contributed by atoms with Gasteiger partial charge in [-0.1, -0.05) is 62.4 Å². The van der Waals surface area contributed by atoms with Crippen molar-refractivity contribution in [3.8, 4) is 28.2 Å². The summed E-state index contributed by atoms with van der Waals surface area (Å²) in [6.45, 7) is 4.34. The molecule has 8 heteroatoms. The van der Waals surface area contributed by atoms with Crippen LogP contribution < -0.4 is 15.4 Å². The molecule has 0 spiro atoms. The molecular formula is C32H33N3O5. The quantitative estimate of drug-likeness (QED) is 0.234. The molecule has 0 fully saturated rings. The van der Waals surface area contributed by atoms with Gasteiger partial charge in [0.05, 0.1) is 18.9 Å². The third kappa shape index (κ3) is 5.86. The molecule has 0 radical (unpaired) electrons. The number of amides is 2. The summed E-state index contributed by atoms with van der Waals surface area (Å²) in [6, 6.07) is 20.8. The maximum atomic E-state index is 13.3. The van der Waals surface area contributed by atoms with E-state index in [0.717, 1.165) is 28.7 Å². The summed E-state index contributed by atoms with van der Waals surface area (Å²) in [7, 11) is 1.55. The number of methoxy groups -OCH3 is 1. The van der Waals surface area contributed by atoms with Crippen molar-refractivity contribution in [3.63, 3.8) is 0 Å². The maximum absolute atomic E-state index is 13.3. The molecule has 4 aromatic rings. The Kier molecular flexibility index (Phi) is 8.15. The van der Waals surface area contributed by atoms with Gasteiger partial charge < -0.3 is 24.5 Å². The second-order valence-electron chi connectivity index (χ2n) is 10.3. The summed E-state index contributed by atoms with van der Waals surface area (Å²) in [6.07, 6.45) is 3.55. The third-order valence-electron chi connectivity index (χ3n) is 7.15. The lowest BCUT2D eigenvalue weighted by Gasteiger charge is -2.21. The zero-order valence-corrected chi connectivity index (χ0v) is 22.8. The highest BCUT2D eigenvalue weighted by Gasteiger charge is 2.30. The van der Waals surface area contributed by atoms with Crippen molar-refractivity contribution in [2.75, 3.05) is 19.0 Å². The number of nitrogens with zero attached hydrogens (tertiary/aromatic N) is 1. The molecule has 1 aliphatic rings. The van der Waals surface area contributed by atoms with Crippen molar-refractivity contribution in [2.45, 2.75) is 38.6 Å². The SMILES string of the molecule is COc1cc(NC(=O)C(CCC(C)C)NC(=O)OCC2c3ccccc3-c3ccccc32)ccc1-c1cnco1. The number of ether oxygens (including phenoxy) is 2. The van der Waals surface area contributed by atoms with Crippen LogP contribution in [0.2, 0.25) is 0 Å². The number of hydrogen-bond acceptors (Lipinski definition) is 6. The number of nitrogens with one attached hydrogen (secondary N) is 2. The van der Waals surface area contributed by atoms with Crippen LogP contribution >= 0.6 is 0 Å². The van der Waals surface area contributed by atoms with E-state index in [1.165, 1.54) is 6.39 Å². The van der Waals surface area contributed by atoms with E-state index in [9.17, 15) is 9.59 Å². The molecule has 206 valence electrons. The minimum Gasteiger partial charge on any atom is -0.496 e. The lowest BCUT2D eigenvalue weighted by Crippen LogP contribution is -2.44. The number of oxazole rings is 1. The predicted octanol–water partition coefficient (Wildman–Crippen LogP) is 6.63. The molecule has 0 saturated heterocycles. The minimum absolute atomic E-state index is 0.0589. The Morgan fingerprint density at radius 1 is 0.950 bits per heavy atom. The fourth-order valence-corrected chi connectivity index (χ4v) is 5.10. The first-order chi connectivity index (χ1) is 19.4. The Balaban J connectivity index is 1.26. The van der Waals surface area contributed by atoms with Gasteiger partial charge in [-0.15, -0.1) is 0 Å². The zero-order valence-electron chi connectivity index (χ0n) is 22.8. The normalized spacial score (nSPS) is 12.9. The molecule has 8 nitrogen and oxygen atoms in total. The van der Waals surface area contributed by atoms with Gasteiger partial charge in [-0.05, 0) is 53.1 Å². The van der Waals surface area contributed by atoms with Gasteiger partial charge in [-0.25, -0.2) is 9.78 Å². The first kappa shape index (κ1) is 27.0. The predicted molar refractivity (Wildman–Crippen MR) is 153 cm³/mol. The van der Waals surface area contributed by atoms with Crippen molar-refractivity contribution in [1.82, 2.24) is 10.3 Å².